The Hall–Kier alpha value is -1.84. The van der Waals surface area contributed by atoms with Gasteiger partial charge in [-0.1, -0.05) is 35.3 Å². The summed E-state index contributed by atoms with van der Waals surface area (Å²) in [7, 11) is -3.52. The number of carbonyl (C=O) groups is 1. The molecule has 4 rings (SSSR count). The van der Waals surface area contributed by atoms with Crippen LogP contribution in [0, 0.1) is 12.3 Å². The largest absolute Gasteiger partial charge is 0.493 e. The molecule has 0 N–H and O–H groups in total. The Labute approximate surface area is 223 Å². The van der Waals surface area contributed by atoms with Crippen molar-refractivity contribution in [2.45, 2.75) is 31.9 Å². The van der Waals surface area contributed by atoms with Crippen molar-refractivity contribution in [2.75, 3.05) is 46.0 Å². The number of carbonyl (C=O) groups excluding carboxylic acids is 1. The average molecular weight is 556 g/mol. The monoisotopic (exact) mass is 554 g/mol. The van der Waals surface area contributed by atoms with Gasteiger partial charge >= 0.3 is 0 Å². The first-order valence-electron chi connectivity index (χ1n) is 12.1. The molecule has 196 valence electrons. The maximum atomic E-state index is 13.2. The third kappa shape index (κ3) is 6.92. The molecule has 36 heavy (non-hydrogen) atoms. The molecule has 0 saturated carbocycles. The molecule has 0 aromatic heterocycles. The van der Waals surface area contributed by atoms with E-state index in [1.54, 1.807) is 30.3 Å². The van der Waals surface area contributed by atoms with Crippen molar-refractivity contribution in [3.8, 4) is 5.75 Å². The van der Waals surface area contributed by atoms with E-state index in [1.807, 2.05) is 24.0 Å². The minimum Gasteiger partial charge on any atom is -0.493 e. The van der Waals surface area contributed by atoms with Gasteiger partial charge < -0.3 is 14.4 Å². The second kappa shape index (κ2) is 11.7. The van der Waals surface area contributed by atoms with Gasteiger partial charge in [0.05, 0.1) is 25.6 Å². The van der Waals surface area contributed by atoms with Gasteiger partial charge in [0, 0.05) is 48.1 Å². The Balaban J connectivity index is 1.46. The molecule has 2 aliphatic rings. The molecule has 2 aliphatic heterocycles. The Morgan fingerprint density at radius 1 is 1.06 bits per heavy atom. The highest BCUT2D eigenvalue weighted by molar-refractivity contribution is 7.88. The number of hydrogen-bond donors (Lipinski definition) is 0. The summed E-state index contributed by atoms with van der Waals surface area (Å²) < 4.78 is 39.4. The van der Waals surface area contributed by atoms with E-state index in [4.69, 9.17) is 32.7 Å². The highest BCUT2D eigenvalue weighted by Gasteiger charge is 2.41. The lowest BCUT2D eigenvalue weighted by atomic mass is 9.76. The lowest BCUT2D eigenvalue weighted by Crippen LogP contribution is -2.49. The molecule has 2 aromatic rings. The van der Waals surface area contributed by atoms with Crippen molar-refractivity contribution in [2.24, 2.45) is 5.41 Å². The summed E-state index contributed by atoms with van der Waals surface area (Å²) in [5.41, 5.74) is 1.10. The predicted octanol–water partition coefficient (Wildman–Crippen LogP) is 4.54. The van der Waals surface area contributed by atoms with E-state index >= 15 is 0 Å². The normalized spacial score (nSPS) is 18.7. The number of rotatable bonds is 8. The maximum Gasteiger partial charge on any atom is 0.223 e. The standard InChI is InChI=1S/C26H32Cl2N2O5S/c1-20-15-23(5-6-24(20)28)35-19-26(17-25(31)29-11-13-34-14-12-29)7-9-30(10-8-26)36(32,33)18-21-3-2-4-22(27)16-21/h2-6,15-16H,7-14,17-19H2,1H3. The van der Waals surface area contributed by atoms with Gasteiger partial charge in [-0.3, -0.25) is 4.79 Å². The molecule has 2 heterocycles. The SMILES string of the molecule is Cc1cc(OCC2(CC(=O)N3CCOCC3)CCN(S(=O)(=O)Cc3cccc(Cl)c3)CC2)ccc1Cl. The lowest BCUT2D eigenvalue weighted by molar-refractivity contribution is -0.139. The number of halogens is 2. The number of hydrogen-bond acceptors (Lipinski definition) is 5. The first-order valence-corrected chi connectivity index (χ1v) is 14.5. The van der Waals surface area contributed by atoms with Crippen molar-refractivity contribution < 1.29 is 22.7 Å². The van der Waals surface area contributed by atoms with Gasteiger partial charge in [-0.25, -0.2) is 12.7 Å². The molecule has 0 spiro atoms. The van der Waals surface area contributed by atoms with E-state index in [1.165, 1.54) is 4.31 Å². The van der Waals surface area contributed by atoms with Gasteiger partial charge in [-0.05, 0) is 61.2 Å². The summed E-state index contributed by atoms with van der Waals surface area (Å²) in [5.74, 6) is 0.643. The number of amides is 1. The van der Waals surface area contributed by atoms with E-state index in [9.17, 15) is 13.2 Å². The molecular formula is C26H32Cl2N2O5S. The van der Waals surface area contributed by atoms with Crippen LogP contribution in [0.2, 0.25) is 10.0 Å². The van der Waals surface area contributed by atoms with Crippen molar-refractivity contribution in [3.05, 3.63) is 63.6 Å². The Kier molecular flexibility index (Phi) is 8.83. The molecule has 0 atom stereocenters. The highest BCUT2D eigenvalue weighted by atomic mass is 35.5. The van der Waals surface area contributed by atoms with E-state index in [-0.39, 0.29) is 11.7 Å². The van der Waals surface area contributed by atoms with Crippen LogP contribution >= 0.6 is 23.2 Å². The first kappa shape index (κ1) is 27.2. The third-order valence-electron chi connectivity index (χ3n) is 6.98. The molecule has 2 fully saturated rings. The molecule has 0 aliphatic carbocycles. The number of benzene rings is 2. The van der Waals surface area contributed by atoms with Gasteiger partial charge in [0.25, 0.3) is 0 Å². The summed E-state index contributed by atoms with van der Waals surface area (Å²) in [6.45, 7) is 5.13. The zero-order chi connectivity index (χ0) is 25.8. The molecular weight excluding hydrogens is 523 g/mol. The zero-order valence-corrected chi connectivity index (χ0v) is 22.7. The first-order chi connectivity index (χ1) is 17.2. The van der Waals surface area contributed by atoms with Crippen molar-refractivity contribution in [1.29, 1.82) is 0 Å². The second-order valence-electron chi connectivity index (χ2n) is 9.65. The fraction of sp³-hybridized carbons (Fsp3) is 0.500. The van der Waals surface area contributed by atoms with Crippen LogP contribution in [0.25, 0.3) is 0 Å². The molecule has 0 unspecified atom stereocenters. The average Bonchev–Trinajstić information content (AvgIpc) is 2.85. The van der Waals surface area contributed by atoms with Crippen molar-refractivity contribution >= 4 is 39.1 Å². The number of piperidine rings is 1. The fourth-order valence-corrected chi connectivity index (χ4v) is 6.58. The van der Waals surface area contributed by atoms with E-state index in [0.29, 0.717) is 86.6 Å². The highest BCUT2D eigenvalue weighted by Crippen LogP contribution is 2.38. The van der Waals surface area contributed by atoms with Crippen LogP contribution < -0.4 is 4.74 Å². The smallest absolute Gasteiger partial charge is 0.223 e. The minimum absolute atomic E-state index is 0.0596. The topological polar surface area (TPSA) is 76.2 Å². The van der Waals surface area contributed by atoms with Crippen molar-refractivity contribution in [3.63, 3.8) is 0 Å². The summed E-state index contributed by atoms with van der Waals surface area (Å²) in [4.78, 5) is 15.0. The van der Waals surface area contributed by atoms with Gasteiger partial charge in [-0.15, -0.1) is 0 Å². The molecule has 7 nitrogen and oxygen atoms in total. The van der Waals surface area contributed by atoms with Crippen LogP contribution in [0.4, 0.5) is 0 Å². The maximum absolute atomic E-state index is 13.2. The van der Waals surface area contributed by atoms with Crippen LogP contribution in [0.5, 0.6) is 5.75 Å². The number of morpholine rings is 1. The van der Waals surface area contributed by atoms with Gasteiger partial charge in [0.1, 0.15) is 5.75 Å². The lowest BCUT2D eigenvalue weighted by Gasteiger charge is -2.42. The van der Waals surface area contributed by atoms with Crippen LogP contribution in [-0.2, 0) is 25.3 Å². The third-order valence-corrected chi connectivity index (χ3v) is 9.49. The number of nitrogens with zero attached hydrogens (tertiary/aromatic N) is 2. The summed E-state index contributed by atoms with van der Waals surface area (Å²) >= 11 is 12.2. The van der Waals surface area contributed by atoms with E-state index in [0.717, 1.165) is 5.56 Å². The molecule has 1 amide bonds. The Morgan fingerprint density at radius 2 is 1.78 bits per heavy atom. The predicted molar refractivity (Wildman–Crippen MR) is 141 cm³/mol. The fourth-order valence-electron chi connectivity index (χ4n) is 4.73. The van der Waals surface area contributed by atoms with Crippen LogP contribution in [0.1, 0.15) is 30.4 Å². The Morgan fingerprint density at radius 3 is 2.44 bits per heavy atom. The van der Waals surface area contributed by atoms with E-state index in [2.05, 4.69) is 0 Å². The van der Waals surface area contributed by atoms with Crippen LogP contribution in [0.15, 0.2) is 42.5 Å². The van der Waals surface area contributed by atoms with Gasteiger partial charge in [-0.2, -0.15) is 0 Å². The number of sulfonamides is 1. The van der Waals surface area contributed by atoms with Crippen LogP contribution in [-0.4, -0.2) is 69.5 Å². The zero-order valence-electron chi connectivity index (χ0n) is 20.4. The molecule has 0 radical (unpaired) electrons. The molecule has 2 saturated heterocycles. The summed E-state index contributed by atoms with van der Waals surface area (Å²) in [6, 6.07) is 12.4. The van der Waals surface area contributed by atoms with Gasteiger partial charge in [0.2, 0.25) is 15.9 Å². The van der Waals surface area contributed by atoms with Gasteiger partial charge in [0.15, 0.2) is 0 Å². The Bertz CT molecular complexity index is 1180. The summed E-state index contributed by atoms with van der Waals surface area (Å²) in [6.07, 6.45) is 1.37. The quantitative estimate of drug-likeness (QED) is 0.478. The number of ether oxygens (including phenoxy) is 2. The second-order valence-corrected chi connectivity index (χ2v) is 12.5. The minimum atomic E-state index is -3.52. The molecule has 2 aromatic carbocycles. The van der Waals surface area contributed by atoms with Crippen LogP contribution in [0.3, 0.4) is 0 Å². The summed E-state index contributed by atoms with van der Waals surface area (Å²) in [5, 5.41) is 1.18. The molecule has 0 bridgehead atoms. The van der Waals surface area contributed by atoms with E-state index < -0.39 is 15.4 Å². The number of aryl methyl sites for hydroxylation is 1. The van der Waals surface area contributed by atoms with Crippen molar-refractivity contribution in [1.82, 2.24) is 9.21 Å². The molecule has 10 heteroatoms.